The maximum Gasteiger partial charge on any atom is 0.292 e. The molecular weight excluding hydrogens is 286 g/mol. The SMILES string of the molecule is CC1CCCN(C(=O)CNc2ccccc2[N+](=O)[O-])C1CO. The Morgan fingerprint density at radius 1 is 1.50 bits per heavy atom. The lowest BCUT2D eigenvalue weighted by molar-refractivity contribution is -0.383. The zero-order chi connectivity index (χ0) is 16.1. The average molecular weight is 307 g/mol. The predicted octanol–water partition coefficient (Wildman–Crippen LogP) is 1.63. The van der Waals surface area contributed by atoms with Crippen LogP contribution in [0.1, 0.15) is 19.8 Å². The summed E-state index contributed by atoms with van der Waals surface area (Å²) in [6, 6.07) is 6.06. The first-order chi connectivity index (χ1) is 10.5. The van der Waals surface area contributed by atoms with E-state index in [0.717, 1.165) is 12.8 Å². The first-order valence-corrected chi connectivity index (χ1v) is 7.42. The van der Waals surface area contributed by atoms with E-state index in [1.807, 2.05) is 6.92 Å². The van der Waals surface area contributed by atoms with Crippen molar-refractivity contribution in [3.05, 3.63) is 34.4 Å². The molecular formula is C15H21N3O4. The number of likely N-dealkylation sites (tertiary alicyclic amines) is 1. The van der Waals surface area contributed by atoms with Gasteiger partial charge in [-0.15, -0.1) is 0 Å². The van der Waals surface area contributed by atoms with Crippen molar-refractivity contribution in [2.75, 3.05) is 25.0 Å². The molecule has 0 saturated carbocycles. The highest BCUT2D eigenvalue weighted by Crippen LogP contribution is 2.25. The Balaban J connectivity index is 2.02. The fraction of sp³-hybridized carbons (Fsp3) is 0.533. The van der Waals surface area contributed by atoms with Gasteiger partial charge in [0.2, 0.25) is 5.91 Å². The summed E-state index contributed by atoms with van der Waals surface area (Å²) in [6.07, 6.45) is 1.90. The quantitative estimate of drug-likeness (QED) is 0.636. The molecule has 7 heteroatoms. The third-order valence-corrected chi connectivity index (χ3v) is 4.15. The van der Waals surface area contributed by atoms with Crippen LogP contribution in [0.3, 0.4) is 0 Å². The molecule has 2 rings (SSSR count). The molecule has 120 valence electrons. The lowest BCUT2D eigenvalue weighted by Crippen LogP contribution is -2.51. The molecule has 1 aliphatic rings. The van der Waals surface area contributed by atoms with Gasteiger partial charge in [0.15, 0.2) is 0 Å². The topological polar surface area (TPSA) is 95.7 Å². The number of nitrogens with one attached hydrogen (secondary N) is 1. The number of nitrogens with zero attached hydrogens (tertiary/aromatic N) is 2. The van der Waals surface area contributed by atoms with Crippen LogP contribution >= 0.6 is 0 Å². The van der Waals surface area contributed by atoms with Gasteiger partial charge in [0.1, 0.15) is 5.69 Å². The molecule has 1 amide bonds. The Morgan fingerprint density at radius 3 is 2.91 bits per heavy atom. The summed E-state index contributed by atoms with van der Waals surface area (Å²) in [5.74, 6) is 0.109. The molecule has 0 aliphatic carbocycles. The van der Waals surface area contributed by atoms with E-state index in [0.29, 0.717) is 12.2 Å². The van der Waals surface area contributed by atoms with Crippen molar-refractivity contribution < 1.29 is 14.8 Å². The summed E-state index contributed by atoms with van der Waals surface area (Å²) in [4.78, 5) is 24.5. The van der Waals surface area contributed by atoms with Crippen LogP contribution in [-0.4, -0.2) is 46.6 Å². The highest BCUT2D eigenvalue weighted by molar-refractivity contribution is 5.82. The highest BCUT2D eigenvalue weighted by Gasteiger charge is 2.31. The molecule has 7 nitrogen and oxygen atoms in total. The minimum absolute atomic E-state index is 0.0198. The number of rotatable bonds is 5. The molecule has 1 heterocycles. The standard InChI is InChI=1S/C15H21N3O4/c1-11-5-4-8-17(14(11)10-19)15(20)9-16-12-6-2-3-7-13(12)18(21)22/h2-3,6-7,11,14,16,19H,4-5,8-10H2,1H3. The molecule has 2 atom stereocenters. The zero-order valence-electron chi connectivity index (χ0n) is 12.6. The molecule has 2 N–H and O–H groups in total. The lowest BCUT2D eigenvalue weighted by atomic mass is 9.91. The number of aliphatic hydroxyl groups is 1. The van der Waals surface area contributed by atoms with E-state index in [9.17, 15) is 20.0 Å². The molecule has 0 radical (unpaired) electrons. The first kappa shape index (κ1) is 16.2. The van der Waals surface area contributed by atoms with Crippen LogP contribution in [0.4, 0.5) is 11.4 Å². The zero-order valence-corrected chi connectivity index (χ0v) is 12.6. The third kappa shape index (κ3) is 3.54. The number of carbonyl (C=O) groups excluding carboxylic acids is 1. The molecule has 1 aromatic rings. The van der Waals surface area contributed by atoms with Crippen LogP contribution in [0.5, 0.6) is 0 Å². The molecule has 0 bridgehead atoms. The summed E-state index contributed by atoms with van der Waals surface area (Å²) < 4.78 is 0. The van der Waals surface area contributed by atoms with Crippen molar-refractivity contribution in [3.63, 3.8) is 0 Å². The summed E-state index contributed by atoms with van der Waals surface area (Å²) in [5.41, 5.74) is 0.271. The van der Waals surface area contributed by atoms with Gasteiger partial charge in [-0.25, -0.2) is 0 Å². The normalized spacial score (nSPS) is 21.5. The second kappa shape index (κ2) is 7.22. The summed E-state index contributed by atoms with van der Waals surface area (Å²) in [7, 11) is 0. The lowest BCUT2D eigenvalue weighted by Gasteiger charge is -2.39. The largest absolute Gasteiger partial charge is 0.394 e. The summed E-state index contributed by atoms with van der Waals surface area (Å²) in [6.45, 7) is 2.56. The van der Waals surface area contributed by atoms with E-state index in [4.69, 9.17) is 0 Å². The van der Waals surface area contributed by atoms with Crippen LogP contribution in [0.2, 0.25) is 0 Å². The van der Waals surface area contributed by atoms with Crippen LogP contribution < -0.4 is 5.32 Å². The van der Waals surface area contributed by atoms with Crippen LogP contribution in [0, 0.1) is 16.0 Å². The van der Waals surface area contributed by atoms with Crippen molar-refractivity contribution in [2.45, 2.75) is 25.8 Å². The van der Waals surface area contributed by atoms with E-state index in [1.165, 1.54) is 6.07 Å². The van der Waals surface area contributed by atoms with E-state index >= 15 is 0 Å². The first-order valence-electron chi connectivity index (χ1n) is 7.42. The molecule has 1 aromatic carbocycles. The van der Waals surface area contributed by atoms with E-state index in [2.05, 4.69) is 5.32 Å². The van der Waals surface area contributed by atoms with Crippen LogP contribution in [0.25, 0.3) is 0 Å². The van der Waals surface area contributed by atoms with Gasteiger partial charge in [-0.1, -0.05) is 19.1 Å². The number of piperidine rings is 1. The number of aliphatic hydroxyl groups excluding tert-OH is 1. The average Bonchev–Trinajstić information content (AvgIpc) is 2.52. The third-order valence-electron chi connectivity index (χ3n) is 4.15. The molecule has 1 saturated heterocycles. The molecule has 2 unspecified atom stereocenters. The Bertz CT molecular complexity index is 549. The van der Waals surface area contributed by atoms with Gasteiger partial charge in [0.05, 0.1) is 24.1 Å². The molecule has 0 spiro atoms. The Morgan fingerprint density at radius 2 is 2.23 bits per heavy atom. The monoisotopic (exact) mass is 307 g/mol. The van der Waals surface area contributed by atoms with Crippen molar-refractivity contribution in [3.8, 4) is 0 Å². The minimum atomic E-state index is -0.480. The number of amides is 1. The molecule has 1 aliphatic heterocycles. The number of carbonyl (C=O) groups is 1. The van der Waals surface area contributed by atoms with Gasteiger partial charge >= 0.3 is 0 Å². The maximum absolute atomic E-state index is 12.3. The number of nitro groups is 1. The van der Waals surface area contributed by atoms with Gasteiger partial charge < -0.3 is 15.3 Å². The second-order valence-corrected chi connectivity index (χ2v) is 5.58. The molecule has 1 fully saturated rings. The second-order valence-electron chi connectivity index (χ2n) is 5.58. The van der Waals surface area contributed by atoms with Gasteiger partial charge in [0.25, 0.3) is 5.69 Å². The number of anilines is 1. The number of benzene rings is 1. The van der Waals surface area contributed by atoms with E-state index in [1.54, 1.807) is 23.1 Å². The Kier molecular flexibility index (Phi) is 5.32. The molecule has 0 aromatic heterocycles. The van der Waals surface area contributed by atoms with E-state index < -0.39 is 4.92 Å². The van der Waals surface area contributed by atoms with E-state index in [-0.39, 0.29) is 36.7 Å². The van der Waals surface area contributed by atoms with Gasteiger partial charge in [-0.3, -0.25) is 14.9 Å². The van der Waals surface area contributed by atoms with Gasteiger partial charge in [-0.2, -0.15) is 0 Å². The van der Waals surface area contributed by atoms with Gasteiger partial charge in [0, 0.05) is 12.6 Å². The highest BCUT2D eigenvalue weighted by atomic mass is 16.6. The fourth-order valence-corrected chi connectivity index (χ4v) is 2.89. The molecule has 22 heavy (non-hydrogen) atoms. The predicted molar refractivity (Wildman–Crippen MR) is 82.6 cm³/mol. The minimum Gasteiger partial charge on any atom is -0.394 e. The number of nitro benzene ring substituents is 1. The smallest absolute Gasteiger partial charge is 0.292 e. The number of hydrogen-bond donors (Lipinski definition) is 2. The maximum atomic E-state index is 12.3. The Hall–Kier alpha value is -2.15. The summed E-state index contributed by atoms with van der Waals surface area (Å²) in [5, 5.41) is 23.3. The van der Waals surface area contributed by atoms with Crippen LogP contribution in [0.15, 0.2) is 24.3 Å². The Labute approximate surface area is 129 Å². The van der Waals surface area contributed by atoms with Crippen molar-refractivity contribution in [2.24, 2.45) is 5.92 Å². The fourth-order valence-electron chi connectivity index (χ4n) is 2.89. The van der Waals surface area contributed by atoms with Crippen LogP contribution in [-0.2, 0) is 4.79 Å². The van der Waals surface area contributed by atoms with Crippen molar-refractivity contribution in [1.29, 1.82) is 0 Å². The van der Waals surface area contributed by atoms with Crippen molar-refractivity contribution >= 4 is 17.3 Å². The number of hydrogen-bond acceptors (Lipinski definition) is 5. The van der Waals surface area contributed by atoms with Crippen molar-refractivity contribution in [1.82, 2.24) is 4.90 Å². The summed E-state index contributed by atoms with van der Waals surface area (Å²) >= 11 is 0. The van der Waals surface area contributed by atoms with Gasteiger partial charge in [-0.05, 0) is 24.8 Å². The number of para-hydroxylation sites is 2.